The Labute approximate surface area is 114 Å². The summed E-state index contributed by atoms with van der Waals surface area (Å²) in [6, 6.07) is -1.13. The first kappa shape index (κ1) is 19.1. The topological polar surface area (TPSA) is 161 Å². The average molecular weight is 336 g/mol. The van der Waals surface area contributed by atoms with Gasteiger partial charge in [0, 0.05) is 0 Å². The molecule has 0 spiro atoms. The van der Waals surface area contributed by atoms with Crippen LogP contribution in [0.5, 0.6) is 0 Å². The van der Waals surface area contributed by atoms with Crippen molar-refractivity contribution in [3.8, 4) is 0 Å². The van der Waals surface area contributed by atoms with Crippen LogP contribution in [0.25, 0.3) is 0 Å². The molecule has 0 saturated heterocycles. The molecule has 114 valence electrons. The number of nitrogens with two attached hydrogens (primary N) is 1. The van der Waals surface area contributed by atoms with Crippen LogP contribution in [0.3, 0.4) is 0 Å². The van der Waals surface area contributed by atoms with E-state index in [1.54, 1.807) is 6.26 Å². The molecule has 9 nitrogen and oxygen atoms in total. The number of hydrogen-bond donors (Lipinski definition) is 5. The minimum atomic E-state index is -4.57. The molecule has 0 aliphatic rings. The molecular formula is C7H18N2O7P2S. The summed E-state index contributed by atoms with van der Waals surface area (Å²) in [7, 11) is -9.13. The van der Waals surface area contributed by atoms with Crippen LogP contribution >= 0.6 is 27.0 Å². The van der Waals surface area contributed by atoms with E-state index in [0.29, 0.717) is 5.75 Å². The van der Waals surface area contributed by atoms with E-state index in [0.717, 1.165) is 4.90 Å². The highest BCUT2D eigenvalue weighted by Gasteiger charge is 2.33. The third kappa shape index (κ3) is 9.59. The largest absolute Gasteiger partial charge is 0.368 e. The van der Waals surface area contributed by atoms with Gasteiger partial charge in [-0.15, -0.1) is 0 Å². The van der Waals surface area contributed by atoms with Crippen LogP contribution < -0.4 is 5.73 Å². The SMILES string of the molecule is CSCC[C@@H](C(N)=O)N(CP(=O)(O)O)CP(=O)(O)O. The Bertz CT molecular complexity index is 371. The molecular weight excluding hydrogens is 318 g/mol. The molecule has 0 unspecified atom stereocenters. The molecule has 0 aliphatic carbocycles. The predicted octanol–water partition coefficient (Wildman–Crippen LogP) is -0.834. The van der Waals surface area contributed by atoms with E-state index in [1.807, 2.05) is 0 Å². The number of nitrogens with zero attached hydrogens (tertiary/aromatic N) is 1. The molecule has 0 rings (SSSR count). The monoisotopic (exact) mass is 336 g/mol. The number of carbonyl (C=O) groups excluding carboxylic acids is 1. The smallest absolute Gasteiger partial charge is 0.339 e. The van der Waals surface area contributed by atoms with Crippen LogP contribution in [-0.2, 0) is 13.9 Å². The maximum absolute atomic E-state index is 11.3. The lowest BCUT2D eigenvalue weighted by atomic mass is 10.2. The Hall–Kier alpha value is 0.0800. The summed E-state index contributed by atoms with van der Waals surface area (Å²) in [4.78, 5) is 47.6. The van der Waals surface area contributed by atoms with E-state index in [2.05, 4.69) is 0 Å². The number of amides is 1. The third-order valence-corrected chi connectivity index (χ3v) is 4.20. The summed E-state index contributed by atoms with van der Waals surface area (Å²) >= 11 is 1.38. The predicted molar refractivity (Wildman–Crippen MR) is 71.6 cm³/mol. The van der Waals surface area contributed by atoms with E-state index in [-0.39, 0.29) is 6.42 Å². The lowest BCUT2D eigenvalue weighted by Crippen LogP contribution is -2.45. The second-order valence-electron chi connectivity index (χ2n) is 3.90. The van der Waals surface area contributed by atoms with Crippen molar-refractivity contribution in [1.29, 1.82) is 0 Å². The van der Waals surface area contributed by atoms with Gasteiger partial charge < -0.3 is 25.3 Å². The normalized spacial score (nSPS) is 14.6. The second-order valence-corrected chi connectivity index (χ2v) is 8.11. The Morgan fingerprint density at radius 2 is 1.63 bits per heavy atom. The Morgan fingerprint density at radius 1 is 1.21 bits per heavy atom. The Morgan fingerprint density at radius 3 is 1.89 bits per heavy atom. The number of primary amides is 1. The van der Waals surface area contributed by atoms with Gasteiger partial charge in [-0.25, -0.2) is 0 Å². The van der Waals surface area contributed by atoms with Crippen molar-refractivity contribution in [3.05, 3.63) is 0 Å². The van der Waals surface area contributed by atoms with Gasteiger partial charge in [-0.05, 0) is 18.4 Å². The van der Waals surface area contributed by atoms with Crippen molar-refractivity contribution in [2.24, 2.45) is 5.73 Å². The van der Waals surface area contributed by atoms with Crippen LogP contribution in [0.15, 0.2) is 0 Å². The average Bonchev–Trinajstić information content (AvgIpc) is 2.12. The summed E-state index contributed by atoms with van der Waals surface area (Å²) in [5.41, 5.74) is 5.12. The highest BCUT2D eigenvalue weighted by atomic mass is 32.2. The highest BCUT2D eigenvalue weighted by molar-refractivity contribution is 7.98. The Balaban J connectivity index is 5.09. The lowest BCUT2D eigenvalue weighted by Gasteiger charge is -2.29. The van der Waals surface area contributed by atoms with Crippen LogP contribution in [0.2, 0.25) is 0 Å². The van der Waals surface area contributed by atoms with Crippen LogP contribution in [0, 0.1) is 0 Å². The quantitative estimate of drug-likeness (QED) is 0.338. The van der Waals surface area contributed by atoms with E-state index in [4.69, 9.17) is 25.3 Å². The second kappa shape index (κ2) is 7.75. The fraction of sp³-hybridized carbons (Fsp3) is 0.857. The van der Waals surface area contributed by atoms with Crippen LogP contribution in [0.1, 0.15) is 6.42 Å². The molecule has 0 aromatic rings. The van der Waals surface area contributed by atoms with Gasteiger partial charge in [0.15, 0.2) is 0 Å². The van der Waals surface area contributed by atoms with Crippen molar-refractivity contribution < 1.29 is 33.5 Å². The molecule has 6 N–H and O–H groups in total. The summed E-state index contributed by atoms with van der Waals surface area (Å²) in [5, 5.41) is 0. The van der Waals surface area contributed by atoms with E-state index < -0.39 is 39.7 Å². The lowest BCUT2D eigenvalue weighted by molar-refractivity contribution is -0.122. The first-order chi connectivity index (χ1) is 8.46. The molecule has 0 radical (unpaired) electrons. The fourth-order valence-electron chi connectivity index (χ4n) is 1.45. The highest BCUT2D eigenvalue weighted by Crippen LogP contribution is 2.41. The van der Waals surface area contributed by atoms with Crippen LogP contribution in [-0.4, -0.2) is 61.0 Å². The summed E-state index contributed by atoms with van der Waals surface area (Å²) in [6.07, 6.45) is 0.0467. The van der Waals surface area contributed by atoms with Gasteiger partial charge >= 0.3 is 15.2 Å². The van der Waals surface area contributed by atoms with Crippen molar-refractivity contribution in [3.63, 3.8) is 0 Å². The molecule has 0 aliphatic heterocycles. The fourth-order valence-corrected chi connectivity index (χ4v) is 3.61. The molecule has 1 amide bonds. The maximum Gasteiger partial charge on any atom is 0.339 e. The van der Waals surface area contributed by atoms with Gasteiger partial charge in [-0.2, -0.15) is 11.8 Å². The van der Waals surface area contributed by atoms with Crippen molar-refractivity contribution in [2.75, 3.05) is 24.6 Å². The summed E-state index contributed by atoms with van der Waals surface area (Å²) in [5.74, 6) is -0.414. The van der Waals surface area contributed by atoms with Crippen LogP contribution in [0.4, 0.5) is 0 Å². The molecule has 0 aromatic carbocycles. The minimum Gasteiger partial charge on any atom is -0.368 e. The first-order valence-electron chi connectivity index (χ1n) is 5.07. The number of rotatable bonds is 9. The van der Waals surface area contributed by atoms with Gasteiger partial charge in [0.2, 0.25) is 5.91 Å². The number of thioether (sulfide) groups is 1. The van der Waals surface area contributed by atoms with E-state index in [9.17, 15) is 13.9 Å². The third-order valence-electron chi connectivity index (χ3n) is 2.10. The zero-order valence-corrected chi connectivity index (χ0v) is 12.9. The van der Waals surface area contributed by atoms with E-state index >= 15 is 0 Å². The van der Waals surface area contributed by atoms with Gasteiger partial charge in [-0.1, -0.05) is 0 Å². The van der Waals surface area contributed by atoms with Crippen molar-refractivity contribution in [2.45, 2.75) is 12.5 Å². The molecule has 1 atom stereocenters. The zero-order chi connectivity index (χ0) is 15.3. The molecule has 19 heavy (non-hydrogen) atoms. The van der Waals surface area contributed by atoms with Gasteiger partial charge in [0.25, 0.3) is 0 Å². The molecule has 0 saturated carbocycles. The molecule has 0 fully saturated rings. The first-order valence-corrected chi connectivity index (χ1v) is 10.1. The number of hydrogen-bond acceptors (Lipinski definition) is 5. The molecule has 12 heteroatoms. The molecule has 0 aromatic heterocycles. The minimum absolute atomic E-state index is 0.149. The molecule has 0 heterocycles. The number of carbonyl (C=O) groups is 1. The maximum atomic E-state index is 11.3. The standard InChI is InChI=1S/C7H18N2O7P2S/c1-19-3-2-6(7(8)10)9(4-17(11,12)13)5-18(14,15)16/h6H,2-5H2,1H3,(H2,8,10)(H2,11,12,13)(H2,14,15,16)/t6-/m0/s1. The molecule has 0 bridgehead atoms. The Kier molecular flexibility index (Phi) is 7.79. The van der Waals surface area contributed by atoms with Crippen molar-refractivity contribution in [1.82, 2.24) is 4.90 Å². The van der Waals surface area contributed by atoms with Gasteiger partial charge in [0.1, 0.15) is 12.6 Å². The van der Waals surface area contributed by atoms with Gasteiger partial charge in [-0.3, -0.25) is 18.8 Å². The van der Waals surface area contributed by atoms with Gasteiger partial charge in [0.05, 0.1) is 6.04 Å². The van der Waals surface area contributed by atoms with E-state index in [1.165, 1.54) is 11.8 Å². The summed E-state index contributed by atoms with van der Waals surface area (Å²) in [6.45, 7) is 0. The van der Waals surface area contributed by atoms with Crippen molar-refractivity contribution >= 4 is 32.9 Å². The summed E-state index contributed by atoms with van der Waals surface area (Å²) < 4.78 is 21.9. The zero-order valence-electron chi connectivity index (χ0n) is 10.2.